The quantitative estimate of drug-likeness (QED) is 0.243. The largest absolute Gasteiger partial charge is 0.458 e. The van der Waals surface area contributed by atoms with Gasteiger partial charge >= 0.3 is 5.97 Å². The molecule has 0 spiro atoms. The minimum absolute atomic E-state index is 0.00630. The van der Waals surface area contributed by atoms with Crippen LogP contribution in [-0.4, -0.2) is 73.5 Å². The number of methoxy groups -OCH3 is 2. The Balaban J connectivity index is 1.39. The second-order valence-corrected chi connectivity index (χ2v) is 14.1. The average molecular weight is 589 g/mol. The number of aliphatic hydroxyl groups is 1. The van der Waals surface area contributed by atoms with Crippen LogP contribution in [0.25, 0.3) is 0 Å². The summed E-state index contributed by atoms with van der Waals surface area (Å²) < 4.78 is 30.3. The third kappa shape index (κ3) is 4.93. The molecule has 0 aromatic heterocycles. The van der Waals surface area contributed by atoms with Crippen molar-refractivity contribution in [3.8, 4) is 0 Å². The number of hydrogen-bond acceptors (Lipinski definition) is 8. The predicted octanol–water partition coefficient (Wildman–Crippen LogP) is 5.31. The van der Waals surface area contributed by atoms with Gasteiger partial charge in [-0.1, -0.05) is 31.6 Å². The summed E-state index contributed by atoms with van der Waals surface area (Å²) in [5, 5.41) is 12.6. The number of ketones is 1. The first-order chi connectivity index (χ1) is 19.8. The molecule has 5 aliphatic rings. The third-order valence-electron chi connectivity index (χ3n) is 12.3. The molecule has 0 radical (unpaired) electrons. The molecular formula is C34H52O8. The standard InChI is InChI=1S/C34H52O8/c1-9-19(2)31(36)42-28-17-26-25(34(37)15-13-24(20(3)35)33(28,34)6)11-10-22-16-23(12-14-32(22,26)5)41-29-18-27(38-7)30(39-8)21(4)40-29/h9-10,21,23-30,37H,11-18H2,1-8H3/b19-9+. The minimum atomic E-state index is -1.08. The van der Waals surface area contributed by atoms with Crippen molar-refractivity contribution >= 4 is 11.8 Å². The van der Waals surface area contributed by atoms with Crippen LogP contribution in [-0.2, 0) is 33.3 Å². The summed E-state index contributed by atoms with van der Waals surface area (Å²) in [6, 6.07) is 0. The van der Waals surface area contributed by atoms with Crippen molar-refractivity contribution in [1.29, 1.82) is 0 Å². The zero-order valence-corrected chi connectivity index (χ0v) is 26.8. The van der Waals surface area contributed by atoms with E-state index in [2.05, 4.69) is 13.0 Å². The average Bonchev–Trinajstić information content (AvgIpc) is 3.25. The maximum absolute atomic E-state index is 13.1. The van der Waals surface area contributed by atoms with Crippen LogP contribution in [0.4, 0.5) is 0 Å². The van der Waals surface area contributed by atoms with Crippen molar-refractivity contribution in [3.63, 3.8) is 0 Å². The van der Waals surface area contributed by atoms with E-state index < -0.39 is 17.1 Å². The van der Waals surface area contributed by atoms with E-state index in [1.807, 2.05) is 20.8 Å². The highest BCUT2D eigenvalue weighted by molar-refractivity contribution is 5.88. The number of fused-ring (bicyclic) bond motifs is 5. The first-order valence-electron chi connectivity index (χ1n) is 16.0. The molecule has 1 saturated heterocycles. The summed E-state index contributed by atoms with van der Waals surface area (Å²) in [5.74, 6) is -0.484. The Bertz CT molecular complexity index is 1110. The van der Waals surface area contributed by atoms with Crippen molar-refractivity contribution in [2.75, 3.05) is 14.2 Å². The van der Waals surface area contributed by atoms with Crippen molar-refractivity contribution in [1.82, 2.24) is 0 Å². The lowest BCUT2D eigenvalue weighted by Crippen LogP contribution is -2.66. The van der Waals surface area contributed by atoms with E-state index in [9.17, 15) is 14.7 Å². The summed E-state index contributed by atoms with van der Waals surface area (Å²) in [6.45, 7) is 11.5. The van der Waals surface area contributed by atoms with Gasteiger partial charge < -0.3 is 28.8 Å². The van der Waals surface area contributed by atoms with E-state index in [4.69, 9.17) is 23.7 Å². The van der Waals surface area contributed by atoms with Crippen molar-refractivity contribution in [2.24, 2.45) is 28.6 Å². The van der Waals surface area contributed by atoms with E-state index >= 15 is 0 Å². The molecule has 4 aliphatic carbocycles. The normalized spacial score (nSPS) is 47.1. The first kappa shape index (κ1) is 31.8. The minimum Gasteiger partial charge on any atom is -0.458 e. The number of hydrogen-bond donors (Lipinski definition) is 1. The van der Waals surface area contributed by atoms with Crippen LogP contribution in [0.2, 0.25) is 0 Å². The summed E-state index contributed by atoms with van der Waals surface area (Å²) in [4.78, 5) is 26.0. The summed E-state index contributed by atoms with van der Waals surface area (Å²) in [6.07, 6.45) is 8.72. The summed E-state index contributed by atoms with van der Waals surface area (Å²) in [5.41, 5.74) is -0.144. The highest BCUT2D eigenvalue weighted by Crippen LogP contribution is 2.68. The topological polar surface area (TPSA) is 101 Å². The highest BCUT2D eigenvalue weighted by atomic mass is 16.7. The Hall–Kier alpha value is -1.58. The maximum atomic E-state index is 13.1. The van der Waals surface area contributed by atoms with Crippen LogP contribution in [0, 0.1) is 28.6 Å². The van der Waals surface area contributed by atoms with Gasteiger partial charge in [-0.25, -0.2) is 4.79 Å². The third-order valence-corrected chi connectivity index (χ3v) is 12.3. The lowest BCUT2D eigenvalue weighted by atomic mass is 9.45. The molecule has 236 valence electrons. The van der Waals surface area contributed by atoms with E-state index in [0.717, 1.165) is 25.7 Å². The molecule has 0 aromatic carbocycles. The Morgan fingerprint density at radius 2 is 1.81 bits per heavy atom. The number of carbonyl (C=O) groups excluding carboxylic acids is 2. The fourth-order valence-electron chi connectivity index (χ4n) is 9.70. The van der Waals surface area contributed by atoms with Gasteiger partial charge in [-0.05, 0) is 89.9 Å². The number of allylic oxidation sites excluding steroid dienone is 2. The van der Waals surface area contributed by atoms with Crippen LogP contribution >= 0.6 is 0 Å². The smallest absolute Gasteiger partial charge is 0.333 e. The number of Topliss-reactive ketones (excluding diaryl/α,β-unsaturated/α-hetero) is 1. The van der Waals surface area contributed by atoms with Crippen LogP contribution in [0.1, 0.15) is 92.9 Å². The molecule has 3 saturated carbocycles. The second-order valence-electron chi connectivity index (χ2n) is 14.1. The Labute approximate surface area is 251 Å². The van der Waals surface area contributed by atoms with Gasteiger partial charge in [0, 0.05) is 37.5 Å². The molecule has 42 heavy (non-hydrogen) atoms. The van der Waals surface area contributed by atoms with Gasteiger partial charge in [-0.3, -0.25) is 4.79 Å². The van der Waals surface area contributed by atoms with Crippen LogP contribution in [0.15, 0.2) is 23.3 Å². The van der Waals surface area contributed by atoms with Crippen molar-refractivity contribution in [2.45, 2.75) is 135 Å². The van der Waals surface area contributed by atoms with Crippen LogP contribution in [0.5, 0.6) is 0 Å². The lowest BCUT2D eigenvalue weighted by Gasteiger charge is -2.63. The van der Waals surface area contributed by atoms with Crippen molar-refractivity contribution < 1.29 is 38.4 Å². The first-order valence-corrected chi connectivity index (χ1v) is 16.0. The maximum Gasteiger partial charge on any atom is 0.333 e. The molecule has 1 N–H and O–H groups in total. The molecule has 1 heterocycles. The Morgan fingerprint density at radius 1 is 1.07 bits per heavy atom. The zero-order chi connectivity index (χ0) is 30.6. The van der Waals surface area contributed by atoms with Crippen LogP contribution in [0.3, 0.4) is 0 Å². The summed E-state index contributed by atoms with van der Waals surface area (Å²) >= 11 is 0. The predicted molar refractivity (Wildman–Crippen MR) is 157 cm³/mol. The fraction of sp³-hybridized carbons (Fsp3) is 0.824. The second kappa shape index (κ2) is 11.7. The number of rotatable bonds is 7. The molecule has 4 fully saturated rings. The van der Waals surface area contributed by atoms with Gasteiger partial charge in [-0.15, -0.1) is 0 Å². The molecule has 12 atom stereocenters. The number of esters is 1. The number of ether oxygens (including phenoxy) is 5. The molecule has 8 heteroatoms. The van der Waals surface area contributed by atoms with E-state index in [0.29, 0.717) is 31.3 Å². The molecule has 1 aliphatic heterocycles. The van der Waals surface area contributed by atoms with E-state index in [-0.39, 0.29) is 65.6 Å². The van der Waals surface area contributed by atoms with E-state index in [1.165, 1.54) is 5.57 Å². The zero-order valence-electron chi connectivity index (χ0n) is 26.8. The van der Waals surface area contributed by atoms with Gasteiger partial charge in [0.05, 0.1) is 23.9 Å². The molecular weight excluding hydrogens is 536 g/mol. The molecule has 5 rings (SSSR count). The fourth-order valence-corrected chi connectivity index (χ4v) is 9.70. The van der Waals surface area contributed by atoms with Gasteiger partial charge in [0.2, 0.25) is 0 Å². The van der Waals surface area contributed by atoms with Gasteiger partial charge in [0.25, 0.3) is 0 Å². The monoisotopic (exact) mass is 588 g/mol. The highest BCUT2D eigenvalue weighted by Gasteiger charge is 2.71. The SMILES string of the molecule is C/C=C(\C)C(=O)OC1CC2C(CC=C3CC(OC4CC(OC)C(OC)C(C)O4)CCC32C)C2(O)CCC(C(C)=O)C12C. The molecule has 0 bridgehead atoms. The molecule has 0 aromatic rings. The molecule has 12 unspecified atom stereocenters. The molecule has 0 amide bonds. The Morgan fingerprint density at radius 3 is 2.45 bits per heavy atom. The van der Waals surface area contributed by atoms with Gasteiger partial charge in [0.15, 0.2) is 6.29 Å². The van der Waals surface area contributed by atoms with Crippen LogP contribution < -0.4 is 0 Å². The van der Waals surface area contributed by atoms with Crippen molar-refractivity contribution in [3.05, 3.63) is 23.3 Å². The van der Waals surface area contributed by atoms with E-state index in [1.54, 1.807) is 34.1 Å². The number of carbonyl (C=O) groups is 2. The summed E-state index contributed by atoms with van der Waals surface area (Å²) in [7, 11) is 3.39. The Kier molecular flexibility index (Phi) is 8.89. The van der Waals surface area contributed by atoms with Gasteiger partial charge in [-0.2, -0.15) is 0 Å². The molecule has 8 nitrogen and oxygen atoms in total. The lowest BCUT2D eigenvalue weighted by molar-refractivity contribution is -0.270. The van der Waals surface area contributed by atoms with Gasteiger partial charge in [0.1, 0.15) is 18.0 Å².